The molecule has 3 aliphatic heterocycles. The Morgan fingerprint density at radius 1 is 0.459 bits per heavy atom. The molecule has 0 radical (unpaired) electrons. The first-order chi connectivity index (χ1) is 17.6. The topological polar surface area (TPSA) is 19.4 Å². The predicted octanol–water partition coefficient (Wildman–Crippen LogP) is 5.00. The van der Waals surface area contributed by atoms with E-state index in [9.17, 15) is 0 Å². The zero-order chi connectivity index (χ0) is 25.2. The van der Waals surface area contributed by atoms with Gasteiger partial charge in [-0.2, -0.15) is 72.8 Å². The largest absolute Gasteiger partial charge is 3.00 e. The third kappa shape index (κ3) is 8.45. The second kappa shape index (κ2) is 14.2. The van der Waals surface area contributed by atoms with E-state index in [1.807, 2.05) is 54.6 Å². The van der Waals surface area contributed by atoms with Crippen molar-refractivity contribution in [2.24, 2.45) is 0 Å². The van der Waals surface area contributed by atoms with Crippen LogP contribution in [0.3, 0.4) is 0 Å². The molecule has 3 heterocycles. The standard InChI is InChI=1S/3C10H11N2.Ir/c3*1-11-7-8-12(9-11)10-5-3-2-4-6-10;/h3*2-5,7-8H,9H2,1H3;/q3*-1;+3. The van der Waals surface area contributed by atoms with Crippen molar-refractivity contribution in [3.05, 3.63) is 128 Å². The smallest absolute Gasteiger partial charge is 0.361 e. The van der Waals surface area contributed by atoms with Crippen molar-refractivity contribution in [2.75, 3.05) is 55.8 Å². The van der Waals surface area contributed by atoms with Crippen LogP contribution < -0.4 is 14.7 Å². The van der Waals surface area contributed by atoms with Gasteiger partial charge in [0.1, 0.15) is 0 Å². The molecule has 0 N–H and O–H groups in total. The minimum Gasteiger partial charge on any atom is -0.361 e. The average molecular weight is 670 g/mol. The summed E-state index contributed by atoms with van der Waals surface area (Å²) in [7, 11) is 6.17. The Hall–Kier alpha value is -3.67. The minimum atomic E-state index is 0. The van der Waals surface area contributed by atoms with Gasteiger partial charge >= 0.3 is 20.1 Å². The third-order valence-electron chi connectivity index (χ3n) is 5.64. The molecule has 0 atom stereocenters. The first-order valence-corrected chi connectivity index (χ1v) is 11.9. The van der Waals surface area contributed by atoms with E-state index < -0.39 is 0 Å². The molecule has 7 heteroatoms. The molecule has 3 aliphatic rings. The van der Waals surface area contributed by atoms with Crippen molar-refractivity contribution >= 4 is 17.1 Å². The Labute approximate surface area is 235 Å². The van der Waals surface area contributed by atoms with E-state index in [0.717, 1.165) is 37.1 Å². The Morgan fingerprint density at radius 2 is 0.757 bits per heavy atom. The Morgan fingerprint density at radius 3 is 0.946 bits per heavy atom. The maximum atomic E-state index is 3.18. The van der Waals surface area contributed by atoms with Gasteiger partial charge in [-0.3, -0.25) is 0 Å². The van der Waals surface area contributed by atoms with Crippen molar-refractivity contribution in [1.29, 1.82) is 0 Å². The third-order valence-corrected chi connectivity index (χ3v) is 5.64. The zero-order valence-corrected chi connectivity index (χ0v) is 23.9. The summed E-state index contributed by atoms with van der Waals surface area (Å²) in [6, 6.07) is 33.5. The Bertz CT molecular complexity index is 990. The van der Waals surface area contributed by atoms with Crippen LogP contribution >= 0.6 is 0 Å². The van der Waals surface area contributed by atoms with Gasteiger partial charge in [0.2, 0.25) is 0 Å². The van der Waals surface area contributed by atoms with Gasteiger partial charge in [-0.05, 0) is 0 Å². The Balaban J connectivity index is 0.000000152. The summed E-state index contributed by atoms with van der Waals surface area (Å²) in [6.07, 6.45) is 12.4. The molecule has 0 aliphatic carbocycles. The molecule has 37 heavy (non-hydrogen) atoms. The molecule has 0 spiro atoms. The molecular weight excluding hydrogens is 637 g/mol. The van der Waals surface area contributed by atoms with Crippen molar-refractivity contribution in [3.63, 3.8) is 0 Å². The molecule has 0 unspecified atom stereocenters. The van der Waals surface area contributed by atoms with Crippen LogP contribution in [0.25, 0.3) is 0 Å². The van der Waals surface area contributed by atoms with Gasteiger partial charge in [0.15, 0.2) is 0 Å². The average Bonchev–Trinajstić information content (AvgIpc) is 3.68. The minimum absolute atomic E-state index is 0. The van der Waals surface area contributed by atoms with Crippen LogP contribution in [0.4, 0.5) is 17.1 Å². The van der Waals surface area contributed by atoms with E-state index in [1.165, 1.54) is 0 Å². The van der Waals surface area contributed by atoms with Crippen LogP contribution in [0.2, 0.25) is 0 Å². The molecule has 192 valence electrons. The number of anilines is 3. The molecule has 6 nitrogen and oxygen atoms in total. The first kappa shape index (κ1) is 27.9. The fourth-order valence-electron chi connectivity index (χ4n) is 3.74. The van der Waals surface area contributed by atoms with Gasteiger partial charge in [0.05, 0.1) is 20.0 Å². The summed E-state index contributed by atoms with van der Waals surface area (Å²) in [6.45, 7) is 2.75. The van der Waals surface area contributed by atoms with Crippen LogP contribution in [0.1, 0.15) is 0 Å². The molecule has 3 aromatic rings. The van der Waals surface area contributed by atoms with E-state index >= 15 is 0 Å². The van der Waals surface area contributed by atoms with Crippen LogP contribution in [0.15, 0.2) is 110 Å². The number of hydrogen-bond acceptors (Lipinski definition) is 6. The maximum absolute atomic E-state index is 3.18. The first-order valence-electron chi connectivity index (χ1n) is 11.9. The fourth-order valence-corrected chi connectivity index (χ4v) is 3.74. The molecule has 0 fully saturated rings. The summed E-state index contributed by atoms with van der Waals surface area (Å²) in [5.74, 6) is 0. The van der Waals surface area contributed by atoms with E-state index in [4.69, 9.17) is 0 Å². The van der Waals surface area contributed by atoms with Gasteiger partial charge in [0, 0.05) is 58.3 Å². The summed E-state index contributed by atoms with van der Waals surface area (Å²) in [5.41, 5.74) is 3.37. The molecule has 0 amide bonds. The van der Waals surface area contributed by atoms with Crippen LogP contribution in [-0.4, -0.2) is 55.8 Å². The molecule has 6 rings (SSSR count). The SMILES string of the molecule is CN1C=CN(c2[c-]cccc2)C1.CN1C=CN(c2[c-]cccc2)C1.CN1C=CN(c2[c-]cccc2)C1.[Ir+3]. The number of benzene rings is 3. The molecule has 0 saturated carbocycles. The fraction of sp³-hybridized carbons (Fsp3) is 0.200. The molecule has 3 aromatic carbocycles. The van der Waals surface area contributed by atoms with Crippen molar-refractivity contribution < 1.29 is 20.1 Å². The molecular formula is C30H33IrN6. The summed E-state index contributed by atoms with van der Waals surface area (Å²) in [5, 5.41) is 0. The number of rotatable bonds is 3. The maximum Gasteiger partial charge on any atom is 3.00 e. The molecule has 0 saturated heterocycles. The monoisotopic (exact) mass is 670 g/mol. The normalized spacial score (nSPS) is 15.3. The predicted molar refractivity (Wildman–Crippen MR) is 149 cm³/mol. The van der Waals surface area contributed by atoms with Crippen molar-refractivity contribution in [2.45, 2.75) is 0 Å². The van der Waals surface area contributed by atoms with Gasteiger partial charge in [-0.15, -0.1) is 18.2 Å². The summed E-state index contributed by atoms with van der Waals surface area (Å²) >= 11 is 0. The van der Waals surface area contributed by atoms with Crippen LogP contribution in [0.5, 0.6) is 0 Å². The second-order valence-corrected chi connectivity index (χ2v) is 8.74. The van der Waals surface area contributed by atoms with E-state index in [1.54, 1.807) is 0 Å². The van der Waals surface area contributed by atoms with Gasteiger partial charge in [0.25, 0.3) is 0 Å². The second-order valence-electron chi connectivity index (χ2n) is 8.74. The molecule has 0 bridgehead atoms. The Kier molecular flexibility index (Phi) is 10.7. The quantitative estimate of drug-likeness (QED) is 0.364. The van der Waals surface area contributed by atoms with Gasteiger partial charge in [-0.1, -0.05) is 17.1 Å². The van der Waals surface area contributed by atoms with Crippen LogP contribution in [-0.2, 0) is 20.1 Å². The zero-order valence-electron chi connectivity index (χ0n) is 21.5. The molecule has 0 aromatic heterocycles. The van der Waals surface area contributed by atoms with Crippen LogP contribution in [0, 0.1) is 18.2 Å². The van der Waals surface area contributed by atoms with Gasteiger partial charge < -0.3 is 29.4 Å². The summed E-state index contributed by atoms with van der Waals surface area (Å²) < 4.78 is 0. The summed E-state index contributed by atoms with van der Waals surface area (Å²) in [4.78, 5) is 12.8. The number of nitrogens with zero attached hydrogens (tertiary/aromatic N) is 6. The number of hydrogen-bond donors (Lipinski definition) is 0. The van der Waals surface area contributed by atoms with E-state index in [-0.39, 0.29) is 20.1 Å². The van der Waals surface area contributed by atoms with E-state index in [2.05, 4.69) is 124 Å². The van der Waals surface area contributed by atoms with E-state index in [0.29, 0.717) is 0 Å². The van der Waals surface area contributed by atoms with Gasteiger partial charge in [-0.25, -0.2) is 0 Å². The number of para-hydroxylation sites is 3. The van der Waals surface area contributed by atoms with Crippen molar-refractivity contribution in [3.8, 4) is 0 Å². The van der Waals surface area contributed by atoms with Crippen molar-refractivity contribution in [1.82, 2.24) is 14.7 Å².